The van der Waals surface area contributed by atoms with E-state index in [-0.39, 0.29) is 12.5 Å². The molecule has 2 rings (SSSR count). The molecule has 1 amide bonds. The number of hydrogen-bond acceptors (Lipinski definition) is 2. The Bertz CT molecular complexity index is 527. The molecule has 0 aliphatic heterocycles. The maximum Gasteiger partial charge on any atom is 0.311 e. The Balaban J connectivity index is 2.01. The quantitative estimate of drug-likeness (QED) is 0.898. The zero-order chi connectivity index (χ0) is 14.0. The van der Waals surface area contributed by atoms with E-state index in [0.717, 1.165) is 6.42 Å². The van der Waals surface area contributed by atoms with E-state index in [1.165, 1.54) is 12.1 Å². The van der Waals surface area contributed by atoms with Crippen molar-refractivity contribution in [1.29, 1.82) is 0 Å². The highest BCUT2D eigenvalue weighted by atomic mass is 35.5. The predicted octanol–water partition coefficient (Wildman–Crippen LogP) is 2.98. The number of aliphatic carboxylic acids is 1. The highest BCUT2D eigenvalue weighted by Gasteiger charge is 2.44. The Hall–Kier alpha value is -1.26. The number of benzene rings is 1. The van der Waals surface area contributed by atoms with E-state index < -0.39 is 11.4 Å². The van der Waals surface area contributed by atoms with Crippen LogP contribution < -0.4 is 5.32 Å². The van der Waals surface area contributed by atoms with Gasteiger partial charge in [0.15, 0.2) is 0 Å². The van der Waals surface area contributed by atoms with Crippen LogP contribution in [0.3, 0.4) is 0 Å². The second-order valence-electron chi connectivity index (χ2n) is 4.75. The van der Waals surface area contributed by atoms with Gasteiger partial charge in [0, 0.05) is 12.1 Å². The number of hydrogen-bond donors (Lipinski definition) is 2. The first-order chi connectivity index (χ1) is 8.94. The van der Waals surface area contributed by atoms with E-state index in [1.54, 1.807) is 6.07 Å². The number of halogens is 2. The van der Waals surface area contributed by atoms with Gasteiger partial charge in [-0.25, -0.2) is 0 Å². The zero-order valence-electron chi connectivity index (χ0n) is 10.1. The van der Waals surface area contributed by atoms with Crippen LogP contribution in [-0.4, -0.2) is 23.5 Å². The fourth-order valence-electron chi connectivity index (χ4n) is 2.06. The molecule has 0 aromatic heterocycles. The molecule has 6 heteroatoms. The number of amides is 1. The minimum atomic E-state index is -0.854. The molecule has 19 heavy (non-hydrogen) atoms. The van der Waals surface area contributed by atoms with Crippen molar-refractivity contribution in [2.45, 2.75) is 19.3 Å². The lowest BCUT2D eigenvalue weighted by molar-refractivity contribution is -0.153. The molecule has 1 saturated carbocycles. The summed E-state index contributed by atoms with van der Waals surface area (Å²) in [7, 11) is 0. The van der Waals surface area contributed by atoms with Gasteiger partial charge in [0.05, 0.1) is 15.5 Å². The van der Waals surface area contributed by atoms with Gasteiger partial charge >= 0.3 is 5.97 Å². The molecule has 1 aliphatic rings. The van der Waals surface area contributed by atoms with E-state index >= 15 is 0 Å². The molecular weight excluding hydrogens is 289 g/mol. The summed E-state index contributed by atoms with van der Waals surface area (Å²) >= 11 is 11.6. The van der Waals surface area contributed by atoms with Crippen molar-refractivity contribution in [3.05, 3.63) is 33.8 Å². The number of rotatable bonds is 4. The highest BCUT2D eigenvalue weighted by molar-refractivity contribution is 6.42. The maximum absolute atomic E-state index is 11.9. The normalized spacial score (nSPS) is 16.5. The molecule has 1 aromatic rings. The van der Waals surface area contributed by atoms with E-state index in [0.29, 0.717) is 28.5 Å². The summed E-state index contributed by atoms with van der Waals surface area (Å²) in [5.41, 5.74) is -0.430. The van der Waals surface area contributed by atoms with Crippen LogP contribution in [0.4, 0.5) is 0 Å². The first-order valence-corrected chi connectivity index (χ1v) is 6.67. The van der Waals surface area contributed by atoms with Gasteiger partial charge in [-0.15, -0.1) is 0 Å². The monoisotopic (exact) mass is 301 g/mol. The summed E-state index contributed by atoms with van der Waals surface area (Å²) in [6.45, 7) is 0.140. The third kappa shape index (κ3) is 2.85. The number of carboxylic acid groups (broad SMARTS) is 1. The van der Waals surface area contributed by atoms with Crippen molar-refractivity contribution in [1.82, 2.24) is 5.32 Å². The smallest absolute Gasteiger partial charge is 0.311 e. The van der Waals surface area contributed by atoms with Crippen molar-refractivity contribution < 1.29 is 14.7 Å². The fourth-order valence-corrected chi connectivity index (χ4v) is 2.36. The van der Waals surface area contributed by atoms with E-state index in [9.17, 15) is 9.59 Å². The van der Waals surface area contributed by atoms with Crippen molar-refractivity contribution in [2.24, 2.45) is 5.41 Å². The summed E-state index contributed by atoms with van der Waals surface area (Å²) in [6, 6.07) is 4.56. The van der Waals surface area contributed by atoms with Gasteiger partial charge in [0.1, 0.15) is 0 Å². The summed E-state index contributed by atoms with van der Waals surface area (Å²) in [5.74, 6) is -1.20. The molecule has 1 aromatic carbocycles. The summed E-state index contributed by atoms with van der Waals surface area (Å²) in [4.78, 5) is 23.1. The average Bonchev–Trinajstić information content (AvgIpc) is 2.30. The Morgan fingerprint density at radius 2 is 1.95 bits per heavy atom. The largest absolute Gasteiger partial charge is 0.481 e. The fraction of sp³-hybridized carbons (Fsp3) is 0.385. The van der Waals surface area contributed by atoms with E-state index in [2.05, 4.69) is 5.32 Å². The van der Waals surface area contributed by atoms with Gasteiger partial charge in [-0.3, -0.25) is 9.59 Å². The molecule has 1 aliphatic carbocycles. The summed E-state index contributed by atoms with van der Waals surface area (Å²) in [6.07, 6.45) is 2.09. The topological polar surface area (TPSA) is 66.4 Å². The number of nitrogens with one attached hydrogen (secondary N) is 1. The van der Waals surface area contributed by atoms with Crippen molar-refractivity contribution in [3.63, 3.8) is 0 Å². The molecule has 0 bridgehead atoms. The van der Waals surface area contributed by atoms with Crippen molar-refractivity contribution in [2.75, 3.05) is 6.54 Å². The maximum atomic E-state index is 11.9. The molecule has 102 valence electrons. The number of carbonyl (C=O) groups is 2. The molecule has 0 saturated heterocycles. The van der Waals surface area contributed by atoms with Crippen molar-refractivity contribution in [3.8, 4) is 0 Å². The van der Waals surface area contributed by atoms with Gasteiger partial charge in [-0.05, 0) is 31.0 Å². The third-order valence-electron chi connectivity index (χ3n) is 3.53. The SMILES string of the molecule is O=C(NCC1(C(=O)O)CCC1)c1ccc(Cl)c(Cl)c1. The molecular formula is C13H13Cl2NO3. The predicted molar refractivity (Wildman–Crippen MR) is 72.7 cm³/mol. The second-order valence-corrected chi connectivity index (χ2v) is 5.57. The Kier molecular flexibility index (Phi) is 4.02. The van der Waals surface area contributed by atoms with Gasteiger partial charge in [0.2, 0.25) is 0 Å². The Labute approximate surface area is 120 Å². The van der Waals surface area contributed by atoms with Crippen molar-refractivity contribution >= 4 is 35.1 Å². The molecule has 4 nitrogen and oxygen atoms in total. The van der Waals surface area contributed by atoms with Gasteiger partial charge in [0.25, 0.3) is 5.91 Å². The standard InChI is InChI=1S/C13H13Cl2NO3/c14-9-3-2-8(6-10(9)15)11(17)16-7-13(12(18)19)4-1-5-13/h2-3,6H,1,4-5,7H2,(H,16,17)(H,18,19). The highest BCUT2D eigenvalue weighted by Crippen LogP contribution is 2.40. The van der Waals surface area contributed by atoms with Crippen LogP contribution in [0.25, 0.3) is 0 Å². The van der Waals surface area contributed by atoms with Gasteiger partial charge in [-0.1, -0.05) is 29.6 Å². The van der Waals surface area contributed by atoms with Crippen LogP contribution in [0, 0.1) is 5.41 Å². The van der Waals surface area contributed by atoms with E-state index in [1.807, 2.05) is 0 Å². The molecule has 1 fully saturated rings. The van der Waals surface area contributed by atoms with Crippen LogP contribution in [0.5, 0.6) is 0 Å². The lowest BCUT2D eigenvalue weighted by Crippen LogP contribution is -2.47. The second kappa shape index (κ2) is 5.39. The average molecular weight is 302 g/mol. The molecule has 0 atom stereocenters. The summed E-state index contributed by atoms with van der Waals surface area (Å²) in [5, 5.41) is 12.5. The third-order valence-corrected chi connectivity index (χ3v) is 4.27. The van der Waals surface area contributed by atoms with Crippen LogP contribution in [-0.2, 0) is 4.79 Å². The summed E-state index contributed by atoms with van der Waals surface area (Å²) < 4.78 is 0. The van der Waals surface area contributed by atoms with Crippen LogP contribution in [0.1, 0.15) is 29.6 Å². The molecule has 0 spiro atoms. The van der Waals surface area contributed by atoms with Crippen LogP contribution >= 0.6 is 23.2 Å². The molecule has 0 heterocycles. The minimum absolute atomic E-state index is 0.140. The first-order valence-electron chi connectivity index (χ1n) is 5.91. The minimum Gasteiger partial charge on any atom is -0.481 e. The lowest BCUT2D eigenvalue weighted by Gasteiger charge is -2.37. The first kappa shape index (κ1) is 14.2. The molecule has 0 unspecified atom stereocenters. The van der Waals surface area contributed by atoms with Crippen LogP contribution in [0.2, 0.25) is 10.0 Å². The Morgan fingerprint density at radius 1 is 1.26 bits per heavy atom. The molecule has 2 N–H and O–H groups in total. The zero-order valence-corrected chi connectivity index (χ0v) is 11.6. The number of carbonyl (C=O) groups excluding carboxylic acids is 1. The Morgan fingerprint density at radius 3 is 2.42 bits per heavy atom. The number of carboxylic acids is 1. The van der Waals surface area contributed by atoms with E-state index in [4.69, 9.17) is 28.3 Å². The molecule has 0 radical (unpaired) electrons. The van der Waals surface area contributed by atoms with Gasteiger partial charge in [-0.2, -0.15) is 0 Å². The van der Waals surface area contributed by atoms with Crippen LogP contribution in [0.15, 0.2) is 18.2 Å². The van der Waals surface area contributed by atoms with Gasteiger partial charge < -0.3 is 10.4 Å². The lowest BCUT2D eigenvalue weighted by atomic mass is 9.69.